The van der Waals surface area contributed by atoms with E-state index in [1.165, 1.54) is 0 Å². The van der Waals surface area contributed by atoms with Gasteiger partial charge >= 0.3 is 0 Å². The van der Waals surface area contributed by atoms with Crippen molar-refractivity contribution in [1.29, 1.82) is 0 Å². The molecule has 0 fully saturated rings. The van der Waals surface area contributed by atoms with E-state index in [-0.39, 0.29) is 0 Å². The van der Waals surface area contributed by atoms with Gasteiger partial charge in [-0.15, -0.1) is 0 Å². The van der Waals surface area contributed by atoms with Crippen LogP contribution in [0.5, 0.6) is 5.75 Å². The first-order valence-corrected chi connectivity index (χ1v) is 10.1. The molecule has 25 heavy (non-hydrogen) atoms. The largest absolute Gasteiger partial charge is 0.497 e. The number of hydrogen-bond acceptors (Lipinski definition) is 4. The van der Waals surface area contributed by atoms with E-state index in [0.29, 0.717) is 24.0 Å². The summed E-state index contributed by atoms with van der Waals surface area (Å²) in [6.07, 6.45) is 0.399. The van der Waals surface area contributed by atoms with Gasteiger partial charge in [-0.05, 0) is 41.8 Å². The number of methoxy groups -OCH3 is 1. The highest BCUT2D eigenvalue weighted by Gasteiger charge is 2.40. The maximum Gasteiger partial charge on any atom is 0.261 e. The van der Waals surface area contributed by atoms with Crippen molar-refractivity contribution in [2.45, 2.75) is 19.0 Å². The Bertz CT molecular complexity index is 822. The maximum absolute atomic E-state index is 13.6. The van der Waals surface area contributed by atoms with Crippen LogP contribution in [0, 0.1) is 0 Å². The summed E-state index contributed by atoms with van der Waals surface area (Å²) in [5, 5.41) is 9.77. The van der Waals surface area contributed by atoms with Gasteiger partial charge in [0, 0.05) is 18.5 Å². The fraction of sp³-hybridized carbons (Fsp3) is 0.278. The maximum atomic E-state index is 13.6. The van der Waals surface area contributed by atoms with Crippen LogP contribution in [0.25, 0.3) is 0 Å². The Morgan fingerprint density at radius 2 is 1.84 bits per heavy atom. The molecule has 0 saturated carbocycles. The number of nitrogens with one attached hydrogen (secondary N) is 1. The Kier molecular flexibility index (Phi) is 4.95. The van der Waals surface area contributed by atoms with Gasteiger partial charge in [-0.2, -0.15) is 0 Å². The quantitative estimate of drug-likeness (QED) is 0.496. The minimum Gasteiger partial charge on any atom is -0.497 e. The molecule has 7 heteroatoms. The Morgan fingerprint density at radius 3 is 2.44 bits per heavy atom. The average molecular weight is 360 g/mol. The third-order valence-electron chi connectivity index (χ3n) is 4.68. The van der Waals surface area contributed by atoms with Gasteiger partial charge in [0.05, 0.1) is 7.11 Å². The second-order valence-electron chi connectivity index (χ2n) is 6.14. The van der Waals surface area contributed by atoms with Gasteiger partial charge in [0.1, 0.15) is 11.8 Å². The van der Waals surface area contributed by atoms with Gasteiger partial charge in [0.2, 0.25) is 0 Å². The second-order valence-corrected chi connectivity index (χ2v) is 8.93. The Morgan fingerprint density at radius 1 is 1.20 bits per heavy atom. The van der Waals surface area contributed by atoms with Crippen LogP contribution in [0.1, 0.15) is 11.1 Å². The lowest BCUT2D eigenvalue weighted by molar-refractivity contribution is -0.133. The molecule has 6 nitrogen and oxygen atoms in total. The summed E-state index contributed by atoms with van der Waals surface area (Å²) in [5.74, 6) is 0.127. The number of carbonyl (C=O) groups excluding carboxylic acids is 1. The summed E-state index contributed by atoms with van der Waals surface area (Å²) < 4.78 is 20.5. The molecule has 1 amide bonds. The number of benzene rings is 2. The highest BCUT2D eigenvalue weighted by molar-refractivity contribution is 7.68. The van der Waals surface area contributed by atoms with Crippen molar-refractivity contribution in [3.8, 4) is 5.75 Å². The normalized spacial score (nSPS) is 19.6. The van der Waals surface area contributed by atoms with Crippen LogP contribution >= 0.6 is 7.29 Å². The van der Waals surface area contributed by atoms with E-state index in [4.69, 9.17) is 9.94 Å². The van der Waals surface area contributed by atoms with Crippen molar-refractivity contribution < 1.29 is 19.3 Å². The first kappa shape index (κ1) is 17.7. The Balaban J connectivity index is 2.01. The molecule has 0 bridgehead atoms. The molecule has 0 radical (unpaired) electrons. The van der Waals surface area contributed by atoms with Crippen molar-refractivity contribution in [3.63, 3.8) is 0 Å². The van der Waals surface area contributed by atoms with Crippen LogP contribution in [0.2, 0.25) is 0 Å². The number of nitrogens with zero attached hydrogens (tertiary/aromatic N) is 1. The lowest BCUT2D eigenvalue weighted by Gasteiger charge is -2.39. The number of amides is 1. The van der Waals surface area contributed by atoms with E-state index < -0.39 is 19.2 Å². The zero-order valence-electron chi connectivity index (χ0n) is 14.2. The van der Waals surface area contributed by atoms with Crippen LogP contribution < -0.4 is 15.5 Å². The zero-order chi connectivity index (χ0) is 18.0. The molecule has 2 N–H and O–H groups in total. The van der Waals surface area contributed by atoms with E-state index >= 15 is 0 Å². The summed E-state index contributed by atoms with van der Waals surface area (Å²) in [4.78, 5) is 12.2. The molecule has 3 rings (SSSR count). The van der Waals surface area contributed by atoms with Gasteiger partial charge in [-0.3, -0.25) is 10.0 Å². The van der Waals surface area contributed by atoms with Gasteiger partial charge in [-0.25, -0.2) is 10.2 Å². The van der Waals surface area contributed by atoms with Crippen molar-refractivity contribution in [1.82, 2.24) is 10.2 Å². The van der Waals surface area contributed by atoms with Crippen molar-refractivity contribution in [2.24, 2.45) is 0 Å². The number of rotatable bonds is 4. The molecule has 2 aromatic rings. The van der Waals surface area contributed by atoms with Gasteiger partial charge in [-0.1, -0.05) is 24.3 Å². The summed E-state index contributed by atoms with van der Waals surface area (Å²) >= 11 is 0. The smallest absolute Gasteiger partial charge is 0.261 e. The van der Waals surface area contributed by atoms with Gasteiger partial charge in [0.25, 0.3) is 5.91 Å². The Labute approximate surface area is 146 Å². The van der Waals surface area contributed by atoms with E-state index in [1.807, 2.05) is 24.3 Å². The van der Waals surface area contributed by atoms with Gasteiger partial charge in [0.15, 0.2) is 7.29 Å². The number of hydroxylamine groups is 1. The third kappa shape index (κ3) is 3.33. The van der Waals surface area contributed by atoms with Crippen LogP contribution in [0.4, 0.5) is 0 Å². The molecule has 0 saturated heterocycles. The predicted molar refractivity (Wildman–Crippen MR) is 95.6 cm³/mol. The van der Waals surface area contributed by atoms with Crippen molar-refractivity contribution in [2.75, 3.05) is 13.8 Å². The van der Waals surface area contributed by atoms with Crippen molar-refractivity contribution in [3.05, 3.63) is 59.7 Å². The van der Waals surface area contributed by atoms with E-state index in [1.54, 1.807) is 48.2 Å². The van der Waals surface area contributed by atoms with E-state index in [0.717, 1.165) is 11.1 Å². The van der Waals surface area contributed by atoms with Crippen LogP contribution in [-0.4, -0.2) is 35.6 Å². The fourth-order valence-electron chi connectivity index (χ4n) is 3.22. The molecule has 1 unspecified atom stereocenters. The Hall–Kier alpha value is -2.14. The first-order valence-electron chi connectivity index (χ1n) is 7.97. The zero-order valence-corrected chi connectivity index (χ0v) is 15.1. The summed E-state index contributed by atoms with van der Waals surface area (Å²) in [5.41, 5.74) is 3.79. The lowest BCUT2D eigenvalue weighted by atomic mass is 9.95. The number of fused-ring (bicyclic) bond motifs is 1. The predicted octanol–water partition coefficient (Wildman–Crippen LogP) is 2.16. The second kappa shape index (κ2) is 7.00. The van der Waals surface area contributed by atoms with Crippen LogP contribution in [0.3, 0.4) is 0 Å². The lowest BCUT2D eigenvalue weighted by Crippen LogP contribution is -2.49. The topological polar surface area (TPSA) is 78.9 Å². The first-order chi connectivity index (χ1) is 12.0. The molecule has 2 atom stereocenters. The molecule has 2 aromatic carbocycles. The molecule has 132 valence electrons. The van der Waals surface area contributed by atoms with Crippen LogP contribution in [0.15, 0.2) is 48.5 Å². The number of hydrogen-bond donors (Lipinski definition) is 2. The van der Waals surface area contributed by atoms with Crippen molar-refractivity contribution >= 4 is 18.5 Å². The monoisotopic (exact) mass is 360 g/mol. The molecule has 1 aliphatic rings. The number of carbonyl (C=O) groups is 1. The summed E-state index contributed by atoms with van der Waals surface area (Å²) in [6, 6.07) is 14.1. The molecular formula is C18H21N2O4P. The summed E-state index contributed by atoms with van der Waals surface area (Å²) in [7, 11) is -1.45. The van der Waals surface area contributed by atoms with Crippen LogP contribution in [-0.2, 0) is 22.3 Å². The number of ether oxygens (including phenoxy) is 1. The molecular weight excluding hydrogens is 339 g/mol. The van der Waals surface area contributed by atoms with Gasteiger partial charge < -0.3 is 9.30 Å². The SMILES string of the molecule is COc1ccc([P@@](C)(=O)N2Cc3ccccc3CC2C(=O)NO)cc1. The third-order valence-corrected chi connectivity index (χ3v) is 7.34. The minimum absolute atomic E-state index is 0.383. The molecule has 0 spiro atoms. The molecule has 0 aliphatic carbocycles. The van der Waals surface area contributed by atoms with E-state index in [9.17, 15) is 9.36 Å². The van der Waals surface area contributed by atoms with E-state index in [2.05, 4.69) is 0 Å². The molecule has 1 aliphatic heterocycles. The standard InChI is InChI=1S/C18H21N2O4P/c1-24-15-7-9-16(10-8-15)25(2,23)20-12-14-6-4-3-5-13(14)11-17(20)18(21)19-22/h3-10,17,22H,11-12H2,1-2H3,(H,19,21)/t17?,25-/m1/s1. The average Bonchev–Trinajstić information content (AvgIpc) is 2.66. The fourth-order valence-corrected chi connectivity index (χ4v) is 5.36. The molecule has 1 heterocycles. The highest BCUT2D eigenvalue weighted by Crippen LogP contribution is 2.49. The minimum atomic E-state index is -3.02. The molecule has 0 aromatic heterocycles. The highest BCUT2D eigenvalue weighted by atomic mass is 31.2. The summed E-state index contributed by atoms with van der Waals surface area (Å²) in [6.45, 7) is 2.04.